The zero-order chi connectivity index (χ0) is 15.6. The first-order valence-electron chi connectivity index (χ1n) is 6.66. The lowest BCUT2D eigenvalue weighted by molar-refractivity contribution is 0.0740. The van der Waals surface area contributed by atoms with Crippen LogP contribution in [0, 0.1) is 12.7 Å². The van der Waals surface area contributed by atoms with Gasteiger partial charge in [0, 0.05) is 23.9 Å². The lowest BCUT2D eigenvalue weighted by atomic mass is 10.1. The summed E-state index contributed by atoms with van der Waals surface area (Å²) < 4.78 is 13.8. The fourth-order valence-electron chi connectivity index (χ4n) is 2.22. The highest BCUT2D eigenvalue weighted by atomic mass is 19.1. The van der Waals surface area contributed by atoms with E-state index in [0.717, 1.165) is 0 Å². The summed E-state index contributed by atoms with van der Waals surface area (Å²) in [4.78, 5) is 18.0. The number of nitrogen functional groups attached to an aromatic ring is 1. The first-order chi connectivity index (χ1) is 9.90. The van der Waals surface area contributed by atoms with Crippen LogP contribution in [0.15, 0.2) is 36.4 Å². The summed E-state index contributed by atoms with van der Waals surface area (Å²) in [6, 6.07) is 9.26. The molecule has 2 aromatic rings. The molecular weight excluding hydrogens is 269 g/mol. The van der Waals surface area contributed by atoms with Gasteiger partial charge in [-0.2, -0.15) is 0 Å². The van der Waals surface area contributed by atoms with Gasteiger partial charge in [0.2, 0.25) is 0 Å². The minimum absolute atomic E-state index is 0.219. The number of pyridine rings is 1. The molecule has 1 heterocycles. The smallest absolute Gasteiger partial charge is 0.254 e. The Bertz CT molecular complexity index is 652. The van der Waals surface area contributed by atoms with Gasteiger partial charge >= 0.3 is 0 Å². The number of carbonyl (C=O) groups excluding carboxylic acids is 1. The molecular formula is C16H18FN3O. The van der Waals surface area contributed by atoms with Crippen molar-refractivity contribution in [3.05, 3.63) is 59.0 Å². The molecule has 0 aliphatic carbocycles. The number of nitrogens with zero attached hydrogens (tertiary/aromatic N) is 2. The maximum Gasteiger partial charge on any atom is 0.254 e. The summed E-state index contributed by atoms with van der Waals surface area (Å²) in [6.07, 6.45) is 0. The quantitative estimate of drug-likeness (QED) is 0.944. The number of aromatic nitrogens is 1. The maximum atomic E-state index is 13.8. The topological polar surface area (TPSA) is 59.2 Å². The summed E-state index contributed by atoms with van der Waals surface area (Å²) >= 11 is 0. The molecule has 1 atom stereocenters. The number of benzene rings is 1. The standard InChI is InChI=1S/C16H18FN3O/c1-10-8-12(9-15(18)19-10)16(21)20(3)11(2)13-6-4-5-7-14(13)17/h4-9,11H,1-3H3,(H2,18,19). The van der Waals surface area contributed by atoms with Crippen LogP contribution in [0.3, 0.4) is 0 Å². The second-order valence-electron chi connectivity index (χ2n) is 5.04. The van der Waals surface area contributed by atoms with E-state index in [0.29, 0.717) is 22.6 Å². The molecule has 110 valence electrons. The number of hydrogen-bond donors (Lipinski definition) is 1. The monoisotopic (exact) mass is 287 g/mol. The van der Waals surface area contributed by atoms with E-state index in [1.54, 1.807) is 45.2 Å². The maximum absolute atomic E-state index is 13.8. The van der Waals surface area contributed by atoms with Crippen LogP contribution >= 0.6 is 0 Å². The Labute approximate surface area is 123 Å². The predicted octanol–water partition coefficient (Wildman–Crippen LogP) is 2.94. The lowest BCUT2D eigenvalue weighted by Crippen LogP contribution is -2.30. The molecule has 0 saturated heterocycles. The second-order valence-corrected chi connectivity index (χ2v) is 5.04. The molecule has 21 heavy (non-hydrogen) atoms. The summed E-state index contributed by atoms with van der Waals surface area (Å²) in [5.41, 5.74) is 7.27. The SMILES string of the molecule is Cc1cc(C(=O)N(C)C(C)c2ccccc2F)cc(N)n1. The zero-order valence-electron chi connectivity index (χ0n) is 12.3. The van der Waals surface area contributed by atoms with Crippen molar-refractivity contribution < 1.29 is 9.18 Å². The van der Waals surface area contributed by atoms with E-state index >= 15 is 0 Å². The average Bonchev–Trinajstić information content (AvgIpc) is 2.44. The van der Waals surface area contributed by atoms with E-state index in [1.807, 2.05) is 0 Å². The van der Waals surface area contributed by atoms with Crippen LogP contribution in [0.4, 0.5) is 10.2 Å². The van der Waals surface area contributed by atoms with Gasteiger partial charge in [-0.25, -0.2) is 9.37 Å². The van der Waals surface area contributed by atoms with Crippen molar-refractivity contribution in [3.63, 3.8) is 0 Å². The normalized spacial score (nSPS) is 12.0. The Morgan fingerprint density at radius 3 is 2.62 bits per heavy atom. The van der Waals surface area contributed by atoms with Crippen molar-refractivity contribution in [3.8, 4) is 0 Å². The van der Waals surface area contributed by atoms with Crippen molar-refractivity contribution in [2.24, 2.45) is 0 Å². The van der Waals surface area contributed by atoms with Crippen LogP contribution in [-0.4, -0.2) is 22.8 Å². The molecule has 4 nitrogen and oxygen atoms in total. The van der Waals surface area contributed by atoms with Crippen LogP contribution in [0.25, 0.3) is 0 Å². The molecule has 1 aromatic heterocycles. The van der Waals surface area contributed by atoms with Crippen LogP contribution in [0.1, 0.15) is 34.6 Å². The van der Waals surface area contributed by atoms with Gasteiger partial charge in [0.05, 0.1) is 6.04 Å². The van der Waals surface area contributed by atoms with Gasteiger partial charge in [-0.1, -0.05) is 18.2 Å². The van der Waals surface area contributed by atoms with Crippen molar-refractivity contribution in [1.29, 1.82) is 0 Å². The zero-order valence-corrected chi connectivity index (χ0v) is 12.3. The van der Waals surface area contributed by atoms with Crippen LogP contribution in [0.5, 0.6) is 0 Å². The molecule has 1 amide bonds. The van der Waals surface area contributed by atoms with E-state index in [9.17, 15) is 9.18 Å². The van der Waals surface area contributed by atoms with Gasteiger partial charge < -0.3 is 10.6 Å². The van der Waals surface area contributed by atoms with E-state index in [1.165, 1.54) is 17.0 Å². The minimum Gasteiger partial charge on any atom is -0.384 e. The molecule has 2 N–H and O–H groups in total. The molecule has 0 spiro atoms. The molecule has 2 rings (SSSR count). The summed E-state index contributed by atoms with van der Waals surface area (Å²) in [7, 11) is 1.64. The molecule has 0 saturated carbocycles. The Morgan fingerprint density at radius 1 is 1.33 bits per heavy atom. The predicted molar refractivity (Wildman–Crippen MR) is 80.3 cm³/mol. The van der Waals surface area contributed by atoms with Gasteiger partial charge in [0.15, 0.2) is 0 Å². The summed E-state index contributed by atoms with van der Waals surface area (Å²) in [6.45, 7) is 3.56. The van der Waals surface area contributed by atoms with Crippen LogP contribution in [0.2, 0.25) is 0 Å². The fraction of sp³-hybridized carbons (Fsp3) is 0.250. The van der Waals surface area contributed by atoms with E-state index in [-0.39, 0.29) is 17.8 Å². The highest BCUT2D eigenvalue weighted by Gasteiger charge is 2.21. The molecule has 0 aliphatic rings. The Kier molecular flexibility index (Phi) is 4.21. The van der Waals surface area contributed by atoms with E-state index in [2.05, 4.69) is 4.98 Å². The number of carbonyl (C=O) groups is 1. The van der Waals surface area contributed by atoms with Crippen molar-refractivity contribution >= 4 is 11.7 Å². The summed E-state index contributed by atoms with van der Waals surface area (Å²) in [5.74, 6) is -0.247. The largest absolute Gasteiger partial charge is 0.384 e. The Balaban J connectivity index is 2.28. The number of anilines is 1. The molecule has 0 aliphatic heterocycles. The van der Waals surface area contributed by atoms with Crippen molar-refractivity contribution in [2.45, 2.75) is 19.9 Å². The van der Waals surface area contributed by atoms with Gasteiger partial charge in [-0.3, -0.25) is 4.79 Å². The molecule has 1 aromatic carbocycles. The molecule has 5 heteroatoms. The fourth-order valence-corrected chi connectivity index (χ4v) is 2.22. The average molecular weight is 287 g/mol. The molecule has 1 unspecified atom stereocenters. The Hall–Kier alpha value is -2.43. The summed E-state index contributed by atoms with van der Waals surface area (Å²) in [5, 5.41) is 0. The third-order valence-corrected chi connectivity index (χ3v) is 3.48. The third kappa shape index (κ3) is 3.18. The number of amides is 1. The van der Waals surface area contributed by atoms with Crippen LogP contribution in [-0.2, 0) is 0 Å². The lowest BCUT2D eigenvalue weighted by Gasteiger charge is -2.26. The van der Waals surface area contributed by atoms with Gasteiger partial charge in [-0.15, -0.1) is 0 Å². The third-order valence-electron chi connectivity index (χ3n) is 3.48. The first kappa shape index (κ1) is 15.0. The number of rotatable bonds is 3. The van der Waals surface area contributed by atoms with Gasteiger partial charge in [0.1, 0.15) is 11.6 Å². The van der Waals surface area contributed by atoms with E-state index in [4.69, 9.17) is 5.73 Å². The molecule has 0 bridgehead atoms. The highest BCUT2D eigenvalue weighted by Crippen LogP contribution is 2.23. The number of hydrogen-bond acceptors (Lipinski definition) is 3. The highest BCUT2D eigenvalue weighted by molar-refractivity contribution is 5.95. The number of halogens is 1. The van der Waals surface area contributed by atoms with E-state index < -0.39 is 0 Å². The molecule has 0 radical (unpaired) electrons. The van der Waals surface area contributed by atoms with Crippen molar-refractivity contribution in [1.82, 2.24) is 9.88 Å². The van der Waals surface area contributed by atoms with Crippen LogP contribution < -0.4 is 5.73 Å². The number of nitrogens with two attached hydrogens (primary N) is 1. The van der Waals surface area contributed by atoms with Crippen molar-refractivity contribution in [2.75, 3.05) is 12.8 Å². The molecule has 0 fully saturated rings. The second kappa shape index (κ2) is 5.91. The van der Waals surface area contributed by atoms with Gasteiger partial charge in [-0.05, 0) is 32.0 Å². The van der Waals surface area contributed by atoms with Gasteiger partial charge in [0.25, 0.3) is 5.91 Å². The Morgan fingerprint density at radius 2 is 2.00 bits per heavy atom. The first-order valence-corrected chi connectivity index (χ1v) is 6.66. The minimum atomic E-state index is -0.381. The number of aryl methyl sites for hydroxylation is 1.